The third kappa shape index (κ3) is 8.38. The summed E-state index contributed by atoms with van der Waals surface area (Å²) in [5.41, 5.74) is -2.49. The van der Waals surface area contributed by atoms with Crippen LogP contribution in [-0.2, 0) is 9.59 Å². The van der Waals surface area contributed by atoms with E-state index in [-0.39, 0.29) is 28.6 Å². The van der Waals surface area contributed by atoms with Gasteiger partial charge in [-0.05, 0) is 59.9 Å². The third-order valence-electron chi connectivity index (χ3n) is 6.94. The molecular weight excluding hydrogens is 557 g/mol. The highest BCUT2D eigenvalue weighted by Crippen LogP contribution is 2.30. The zero-order valence-corrected chi connectivity index (χ0v) is 24.1. The van der Waals surface area contributed by atoms with Crippen molar-refractivity contribution in [3.05, 3.63) is 23.4 Å². The van der Waals surface area contributed by atoms with Crippen LogP contribution in [0.4, 0.5) is 27.8 Å². The molecule has 4 atom stereocenters. The highest BCUT2D eigenvalue weighted by molar-refractivity contribution is 7.81. The summed E-state index contributed by atoms with van der Waals surface area (Å²) in [7, 11) is 0. The Bertz CT molecular complexity index is 1120. The van der Waals surface area contributed by atoms with Gasteiger partial charge in [0.15, 0.2) is 6.04 Å². The van der Waals surface area contributed by atoms with E-state index < -0.39 is 59.5 Å². The summed E-state index contributed by atoms with van der Waals surface area (Å²) in [5.74, 6) is -1.72. The molecule has 0 spiro atoms. The number of halogens is 5. The number of aromatic nitrogens is 1. The Morgan fingerprint density at radius 1 is 1.30 bits per heavy atom. The van der Waals surface area contributed by atoms with E-state index in [1.54, 1.807) is 6.92 Å². The first-order chi connectivity index (χ1) is 18.4. The Labute approximate surface area is 235 Å². The first kappa shape index (κ1) is 33.5. The summed E-state index contributed by atoms with van der Waals surface area (Å²) in [6, 6.07) is -3.65. The fourth-order valence-electron chi connectivity index (χ4n) is 4.05. The molecule has 2 rings (SSSR count). The maximum atomic E-state index is 14.1. The molecule has 1 saturated heterocycles. The van der Waals surface area contributed by atoms with E-state index in [9.17, 15) is 36.6 Å². The van der Waals surface area contributed by atoms with Crippen LogP contribution in [0.5, 0.6) is 0 Å². The van der Waals surface area contributed by atoms with Crippen LogP contribution in [0.15, 0.2) is 17.3 Å². The monoisotopic (exact) mass is 593 g/mol. The zero-order valence-electron chi connectivity index (χ0n) is 23.3. The van der Waals surface area contributed by atoms with Crippen LogP contribution in [0, 0.1) is 0 Å². The highest BCUT2D eigenvalue weighted by atomic mass is 32.1. The Balaban J connectivity index is 2.52. The average molecular weight is 594 g/mol. The number of hydrogen-bond donors (Lipinski definition) is 3. The van der Waals surface area contributed by atoms with Gasteiger partial charge in [-0.1, -0.05) is 19.1 Å². The number of aliphatic imine (C=N–C) groups is 1. The Morgan fingerprint density at radius 3 is 2.40 bits per heavy atom. The fraction of sp³-hybridized carbons (Fsp3) is 0.654. The Hall–Kier alpha value is -2.74. The number of likely N-dealkylation sites (tertiary alicyclic amines) is 1. The zero-order chi connectivity index (χ0) is 30.6. The number of carbonyl (C=O) groups is 2. The first-order valence-electron chi connectivity index (χ1n) is 12.9. The van der Waals surface area contributed by atoms with Crippen LogP contribution in [0.3, 0.4) is 0 Å². The molecule has 1 aromatic rings. The molecule has 2 amide bonds. The SMILES string of the molecule is CC[C@@H](Nc1cc(C(F)F)c(C(=S)C(/N=C(\C)C(=O)N[C@H](C)C(C)(C)O)C(=O)N2CCC[C@@H]2C)cn1)C(F)(F)F. The number of alkyl halides is 5. The van der Waals surface area contributed by atoms with Gasteiger partial charge >= 0.3 is 6.18 Å². The molecule has 1 unspecified atom stereocenters. The number of aliphatic hydroxyl groups is 1. The van der Waals surface area contributed by atoms with Crippen molar-refractivity contribution < 1.29 is 36.6 Å². The van der Waals surface area contributed by atoms with E-state index in [1.165, 1.54) is 32.6 Å². The average Bonchev–Trinajstić information content (AvgIpc) is 3.28. The molecule has 40 heavy (non-hydrogen) atoms. The summed E-state index contributed by atoms with van der Waals surface area (Å²) in [5, 5.41) is 14.8. The van der Waals surface area contributed by atoms with Gasteiger partial charge < -0.3 is 20.6 Å². The quantitative estimate of drug-likeness (QED) is 0.150. The van der Waals surface area contributed by atoms with Crippen molar-refractivity contribution in [3.63, 3.8) is 0 Å². The molecular formula is C26H36F5N5O3S. The number of carbonyl (C=O) groups excluding carboxylic acids is 2. The second-order valence-electron chi connectivity index (χ2n) is 10.5. The van der Waals surface area contributed by atoms with Crippen molar-refractivity contribution in [3.8, 4) is 0 Å². The summed E-state index contributed by atoms with van der Waals surface area (Å²) in [6.45, 7) is 9.37. The second kappa shape index (κ2) is 13.3. The molecule has 224 valence electrons. The van der Waals surface area contributed by atoms with Gasteiger partial charge in [-0.2, -0.15) is 13.2 Å². The van der Waals surface area contributed by atoms with E-state index in [0.717, 1.165) is 12.3 Å². The normalized spacial score (nSPS) is 18.9. The minimum Gasteiger partial charge on any atom is -0.388 e. The second-order valence-corrected chi connectivity index (χ2v) is 10.9. The number of rotatable bonds is 11. The van der Waals surface area contributed by atoms with Gasteiger partial charge in [0.25, 0.3) is 18.2 Å². The summed E-state index contributed by atoms with van der Waals surface area (Å²) in [4.78, 5) is 35.6. The fourth-order valence-corrected chi connectivity index (χ4v) is 4.38. The summed E-state index contributed by atoms with van der Waals surface area (Å²) in [6.07, 6.45) is -5.84. The van der Waals surface area contributed by atoms with Gasteiger partial charge in [-0.15, -0.1) is 0 Å². The topological polar surface area (TPSA) is 107 Å². The van der Waals surface area contributed by atoms with Crippen molar-refractivity contribution in [2.45, 2.75) is 103 Å². The van der Waals surface area contributed by atoms with Crippen LogP contribution in [-0.4, -0.2) is 79.9 Å². The third-order valence-corrected chi connectivity index (χ3v) is 7.38. The molecule has 14 heteroatoms. The number of nitrogens with one attached hydrogen (secondary N) is 2. The largest absolute Gasteiger partial charge is 0.408 e. The molecule has 1 fully saturated rings. The number of hydrogen-bond acceptors (Lipinski definition) is 7. The van der Waals surface area contributed by atoms with Crippen molar-refractivity contribution in [1.29, 1.82) is 0 Å². The lowest BCUT2D eigenvalue weighted by Crippen LogP contribution is -2.49. The van der Waals surface area contributed by atoms with Gasteiger partial charge in [-0.3, -0.25) is 14.6 Å². The molecule has 1 aliphatic rings. The predicted molar refractivity (Wildman–Crippen MR) is 146 cm³/mol. The van der Waals surface area contributed by atoms with Gasteiger partial charge in [0.05, 0.1) is 22.2 Å². The molecule has 2 heterocycles. The van der Waals surface area contributed by atoms with Gasteiger partial charge in [0, 0.05) is 29.9 Å². The van der Waals surface area contributed by atoms with Crippen molar-refractivity contribution in [2.24, 2.45) is 4.99 Å². The molecule has 8 nitrogen and oxygen atoms in total. The predicted octanol–water partition coefficient (Wildman–Crippen LogP) is 4.61. The van der Waals surface area contributed by atoms with E-state index >= 15 is 0 Å². The van der Waals surface area contributed by atoms with E-state index in [2.05, 4.69) is 20.6 Å². The van der Waals surface area contributed by atoms with Crippen molar-refractivity contribution in [2.75, 3.05) is 11.9 Å². The number of nitrogens with zero attached hydrogens (tertiary/aromatic N) is 3. The molecule has 0 aromatic carbocycles. The minimum atomic E-state index is -4.63. The lowest BCUT2D eigenvalue weighted by Gasteiger charge is -2.28. The van der Waals surface area contributed by atoms with Crippen LogP contribution in [0.1, 0.15) is 78.4 Å². The van der Waals surface area contributed by atoms with E-state index in [4.69, 9.17) is 12.2 Å². The maximum absolute atomic E-state index is 14.1. The van der Waals surface area contributed by atoms with Crippen LogP contribution < -0.4 is 10.6 Å². The molecule has 3 N–H and O–H groups in total. The summed E-state index contributed by atoms with van der Waals surface area (Å²) >= 11 is 5.46. The van der Waals surface area contributed by atoms with Gasteiger partial charge in [0.1, 0.15) is 11.9 Å². The smallest absolute Gasteiger partial charge is 0.388 e. The molecule has 0 bridgehead atoms. The van der Waals surface area contributed by atoms with E-state index in [1.807, 2.05) is 6.92 Å². The minimum absolute atomic E-state index is 0.176. The molecule has 1 aliphatic heterocycles. The number of anilines is 1. The van der Waals surface area contributed by atoms with Crippen LogP contribution in [0.2, 0.25) is 0 Å². The first-order valence-corrected chi connectivity index (χ1v) is 13.3. The lowest BCUT2D eigenvalue weighted by molar-refractivity contribution is -0.143. The van der Waals surface area contributed by atoms with E-state index in [0.29, 0.717) is 19.4 Å². The number of pyridine rings is 1. The van der Waals surface area contributed by atoms with Crippen molar-refractivity contribution >= 4 is 40.4 Å². The Kier molecular flexibility index (Phi) is 11.1. The number of amides is 2. The molecule has 0 saturated carbocycles. The Morgan fingerprint density at radius 2 is 1.93 bits per heavy atom. The van der Waals surface area contributed by atoms with Crippen LogP contribution >= 0.6 is 12.2 Å². The molecule has 0 radical (unpaired) electrons. The van der Waals surface area contributed by atoms with Gasteiger partial charge in [-0.25, -0.2) is 13.8 Å². The lowest BCUT2D eigenvalue weighted by atomic mass is 10.00. The molecule has 1 aromatic heterocycles. The number of thiocarbonyl (C=S) groups is 1. The molecule has 0 aliphatic carbocycles. The summed E-state index contributed by atoms with van der Waals surface area (Å²) < 4.78 is 67.9. The van der Waals surface area contributed by atoms with Crippen molar-refractivity contribution in [1.82, 2.24) is 15.2 Å². The van der Waals surface area contributed by atoms with Crippen LogP contribution in [0.25, 0.3) is 0 Å². The van der Waals surface area contributed by atoms with Gasteiger partial charge in [0.2, 0.25) is 0 Å². The highest BCUT2D eigenvalue weighted by Gasteiger charge is 2.39. The maximum Gasteiger partial charge on any atom is 0.408 e. The standard InChI is InChI=1S/C26H36F5N5O3S/c1-7-18(26(29,30)31)35-19-11-16(22(27)28)17(12-32-19)21(40)20(24(38)36-10-8-9-13(36)2)33-14(3)23(37)34-15(4)25(5,6)39/h11-13,15,18,20,22,39H,7-10H2,1-6H3,(H,32,35)(H,34,37)/b33-14+/t13-,15+,18+,20?/m0/s1.